The molecule has 1 saturated carbocycles. The molecular formula is C42H56NO16P3. The maximum absolute atomic E-state index is 15.5. The smallest absolute Gasteiger partial charge is 0.482 e. The maximum Gasteiger partial charge on any atom is 0.536 e. The molecule has 20 heteroatoms. The van der Waals surface area contributed by atoms with Crippen LogP contribution in [0.15, 0.2) is 52.7 Å². The van der Waals surface area contributed by atoms with E-state index in [0.717, 1.165) is 24.0 Å². The Morgan fingerprint density at radius 3 is 2.24 bits per heavy atom. The quantitative estimate of drug-likeness (QED) is 0.0429. The molecule has 1 spiro atoms. The molecule has 1 aromatic carbocycles. The van der Waals surface area contributed by atoms with E-state index in [9.17, 15) is 42.9 Å². The summed E-state index contributed by atoms with van der Waals surface area (Å²) in [6.45, 7) is 17.1. The summed E-state index contributed by atoms with van der Waals surface area (Å²) in [5.41, 5.74) is -3.59. The van der Waals surface area contributed by atoms with Gasteiger partial charge in [-0.05, 0) is 99.6 Å². The van der Waals surface area contributed by atoms with Crippen LogP contribution in [0.1, 0.15) is 122 Å². The highest BCUT2D eigenvalue weighted by Gasteiger charge is 2.81. The number of hydrogen-bond acceptors (Lipinski definition) is 12. The topological polar surface area (TPSA) is 251 Å². The largest absolute Gasteiger partial charge is 0.536 e. The Morgan fingerprint density at radius 1 is 0.935 bits per heavy atom. The van der Waals surface area contributed by atoms with Crippen LogP contribution in [0.2, 0.25) is 0 Å². The van der Waals surface area contributed by atoms with E-state index in [1.165, 1.54) is 12.2 Å². The molecule has 2 fully saturated rings. The SMILES string of the molecule is CCCCNC(=O)/C(C)=C\CC12OC(C)(C)C3CC(C=C4C(=O)c5c(OP(=O)(O)OP(=O)(O)OP(=O)(O)O)c6c(c(CC=C(C)C)c5OC431)OC(C)(CCC=C(C)C)C=C6)C2=O. The lowest BCUT2D eigenvalue weighted by Gasteiger charge is -2.56. The van der Waals surface area contributed by atoms with Crippen LogP contribution >= 0.6 is 23.5 Å². The van der Waals surface area contributed by atoms with Crippen LogP contribution in [0.25, 0.3) is 6.08 Å². The number of unbranched alkanes of at least 4 members (excludes halogenated alkanes) is 1. The lowest BCUT2D eigenvalue weighted by Crippen LogP contribution is -2.72. The van der Waals surface area contributed by atoms with Crippen molar-refractivity contribution in [3.8, 4) is 17.2 Å². The molecule has 7 rings (SSSR count). The summed E-state index contributed by atoms with van der Waals surface area (Å²) in [6.07, 6.45) is 13.1. The first-order valence-electron chi connectivity index (χ1n) is 20.5. The predicted octanol–water partition coefficient (Wildman–Crippen LogP) is 8.07. The Kier molecular flexibility index (Phi) is 13.0. The molecule has 340 valence electrons. The molecule has 0 aromatic heterocycles. The summed E-state index contributed by atoms with van der Waals surface area (Å²) in [6, 6.07) is 0. The zero-order chi connectivity index (χ0) is 46.0. The molecule has 1 aromatic rings. The number of fused-ring (bicyclic) bond motifs is 2. The molecule has 1 saturated heterocycles. The fourth-order valence-corrected chi connectivity index (χ4v) is 12.2. The molecule has 3 aliphatic heterocycles. The number of allylic oxidation sites excluding steroid dienone is 5. The highest BCUT2D eigenvalue weighted by molar-refractivity contribution is 7.66. The Labute approximate surface area is 361 Å². The van der Waals surface area contributed by atoms with Crippen molar-refractivity contribution in [2.75, 3.05) is 6.54 Å². The number of Topliss-reactive ketones (excluding diaryl/α,β-unsaturated/α-hetero) is 2. The number of nitrogens with one attached hydrogen (secondary N) is 1. The minimum Gasteiger partial charge on any atom is -0.482 e. The Hall–Kier alpha value is -3.46. The second-order valence-electron chi connectivity index (χ2n) is 17.7. The average molecular weight is 924 g/mol. The molecule has 7 atom stereocenters. The van der Waals surface area contributed by atoms with Gasteiger partial charge in [0.25, 0.3) is 0 Å². The van der Waals surface area contributed by atoms with Gasteiger partial charge in [0, 0.05) is 41.5 Å². The van der Waals surface area contributed by atoms with Gasteiger partial charge >= 0.3 is 23.5 Å². The van der Waals surface area contributed by atoms with Crippen LogP contribution in [0.3, 0.4) is 0 Å². The normalized spacial score (nSPS) is 28.5. The van der Waals surface area contributed by atoms with Crippen LogP contribution in [-0.4, -0.2) is 66.0 Å². The molecular weight excluding hydrogens is 867 g/mol. The molecule has 5 N–H and O–H groups in total. The van der Waals surface area contributed by atoms with E-state index >= 15 is 4.79 Å². The highest BCUT2D eigenvalue weighted by Crippen LogP contribution is 2.71. The van der Waals surface area contributed by atoms with E-state index in [4.69, 9.17) is 18.7 Å². The lowest BCUT2D eigenvalue weighted by atomic mass is 9.51. The summed E-state index contributed by atoms with van der Waals surface area (Å²) in [4.78, 5) is 82.9. The van der Waals surface area contributed by atoms with Crippen LogP contribution in [0.5, 0.6) is 17.2 Å². The average Bonchev–Trinajstić information content (AvgIpc) is 3.28. The van der Waals surface area contributed by atoms with E-state index in [-0.39, 0.29) is 53.6 Å². The van der Waals surface area contributed by atoms with Crippen LogP contribution < -0.4 is 19.3 Å². The monoisotopic (exact) mass is 923 g/mol. The number of amides is 1. The molecule has 3 aliphatic carbocycles. The number of phosphoric ester groups is 1. The zero-order valence-corrected chi connectivity index (χ0v) is 39.0. The molecule has 7 unspecified atom stereocenters. The number of hydrogen-bond donors (Lipinski definition) is 5. The van der Waals surface area contributed by atoms with Gasteiger partial charge in [-0.3, -0.25) is 19.3 Å². The molecule has 4 bridgehead atoms. The molecule has 17 nitrogen and oxygen atoms in total. The standard InChI is InChI=1S/C42H56NO16P3/c1-10-11-21-43-38(46)26(6)16-20-41-37(45)27-22-30-33(44)32-35(55-42(30,41)31(23-27)39(7,8)57-41)28(15-14-25(4)5)34-29(17-19-40(9,54-34)18-12-13-24(2)3)36(32)56-61(50,51)59-62(52,53)58-60(47,48)49/h13-14,16-17,19,22,27,31H,10-12,15,18,20-21,23H2,1-9H3,(H,43,46)(H,50,51)(H,52,53)(H2,47,48,49)/b26-16-. The Morgan fingerprint density at radius 2 is 1.61 bits per heavy atom. The number of ether oxygens (including phenoxy) is 3. The van der Waals surface area contributed by atoms with Gasteiger partial charge in [0.1, 0.15) is 22.7 Å². The number of carbonyl (C=O) groups is 3. The van der Waals surface area contributed by atoms with Gasteiger partial charge in [0.05, 0.1) is 11.2 Å². The number of carbonyl (C=O) groups excluding carboxylic acids is 3. The van der Waals surface area contributed by atoms with E-state index in [1.807, 2.05) is 53.7 Å². The van der Waals surface area contributed by atoms with Crippen molar-refractivity contribution in [2.24, 2.45) is 11.8 Å². The summed E-state index contributed by atoms with van der Waals surface area (Å²) in [5.74, 6) is -3.70. The minimum absolute atomic E-state index is 0.00598. The highest BCUT2D eigenvalue weighted by atomic mass is 31.3. The van der Waals surface area contributed by atoms with Crippen molar-refractivity contribution in [1.82, 2.24) is 5.32 Å². The summed E-state index contributed by atoms with van der Waals surface area (Å²) >= 11 is 0. The van der Waals surface area contributed by atoms with E-state index < -0.39 is 74.8 Å². The number of benzene rings is 1. The first-order chi connectivity index (χ1) is 28.6. The Bertz CT molecular complexity index is 2380. The van der Waals surface area contributed by atoms with E-state index in [0.29, 0.717) is 30.5 Å². The van der Waals surface area contributed by atoms with Crippen molar-refractivity contribution in [1.29, 1.82) is 0 Å². The van der Waals surface area contributed by atoms with Crippen molar-refractivity contribution in [2.45, 2.75) is 130 Å². The second-order valence-corrected chi connectivity index (χ2v) is 22.1. The van der Waals surface area contributed by atoms with Gasteiger partial charge in [-0.1, -0.05) is 48.8 Å². The molecule has 62 heavy (non-hydrogen) atoms. The van der Waals surface area contributed by atoms with E-state index in [1.54, 1.807) is 32.9 Å². The minimum atomic E-state index is -6.00. The second kappa shape index (κ2) is 16.8. The summed E-state index contributed by atoms with van der Waals surface area (Å²) in [5, 5.41) is 2.88. The van der Waals surface area contributed by atoms with E-state index in [2.05, 4.69) is 13.9 Å². The third kappa shape index (κ3) is 8.96. The number of ketones is 2. The fourth-order valence-electron chi connectivity index (χ4n) is 9.19. The van der Waals surface area contributed by atoms with Crippen molar-refractivity contribution < 1.29 is 75.0 Å². The van der Waals surface area contributed by atoms with Crippen LogP contribution in [0, 0.1) is 11.8 Å². The maximum atomic E-state index is 15.5. The van der Waals surface area contributed by atoms with Gasteiger partial charge < -0.3 is 38.7 Å². The van der Waals surface area contributed by atoms with Gasteiger partial charge in [-0.2, -0.15) is 8.62 Å². The van der Waals surface area contributed by atoms with Gasteiger partial charge in [0.15, 0.2) is 28.5 Å². The van der Waals surface area contributed by atoms with Crippen molar-refractivity contribution in [3.05, 3.63) is 69.4 Å². The first kappa shape index (κ1) is 48.0. The van der Waals surface area contributed by atoms with Crippen molar-refractivity contribution in [3.63, 3.8) is 0 Å². The first-order valence-corrected chi connectivity index (χ1v) is 25.0. The van der Waals surface area contributed by atoms with Crippen molar-refractivity contribution >= 4 is 47.0 Å². The molecule has 1 amide bonds. The number of rotatable bonds is 17. The fraction of sp³-hybridized carbons (Fsp3) is 0.548. The lowest BCUT2D eigenvalue weighted by molar-refractivity contribution is -0.171. The third-order valence-corrected chi connectivity index (χ3v) is 15.7. The molecule has 3 heterocycles. The summed E-state index contributed by atoms with van der Waals surface area (Å²) < 4.78 is 72.2. The Balaban J connectivity index is 1.61. The molecule has 0 radical (unpaired) electrons. The zero-order valence-electron chi connectivity index (χ0n) is 36.3. The van der Waals surface area contributed by atoms with Crippen LogP contribution in [0.4, 0.5) is 0 Å². The van der Waals surface area contributed by atoms with Crippen LogP contribution in [-0.2, 0) is 43.1 Å². The van der Waals surface area contributed by atoms with Gasteiger partial charge in [-0.15, -0.1) is 0 Å². The third-order valence-electron chi connectivity index (χ3n) is 11.9. The van der Waals surface area contributed by atoms with Gasteiger partial charge in [0.2, 0.25) is 5.91 Å². The predicted molar refractivity (Wildman–Crippen MR) is 227 cm³/mol. The number of phosphoric acid groups is 3. The molecule has 6 aliphatic rings. The summed E-state index contributed by atoms with van der Waals surface area (Å²) in [7, 11) is -17.7. The van der Waals surface area contributed by atoms with Gasteiger partial charge in [-0.25, -0.2) is 13.7 Å².